The molecule has 1 aromatic carbocycles. The predicted molar refractivity (Wildman–Crippen MR) is 68.1 cm³/mol. The number of aromatic nitrogens is 2. The summed E-state index contributed by atoms with van der Waals surface area (Å²) < 4.78 is 5.56. The molecular formula is C11H7Cl3N2O. The largest absolute Gasteiger partial charge is 0.439 e. The third-order valence-electron chi connectivity index (χ3n) is 2.02. The summed E-state index contributed by atoms with van der Waals surface area (Å²) in [6.45, 7) is 0. The van der Waals surface area contributed by atoms with E-state index in [1.807, 2.05) is 0 Å². The maximum absolute atomic E-state index is 5.88. The molecule has 1 aromatic heterocycles. The number of hydrogen-bond acceptors (Lipinski definition) is 3. The van der Waals surface area contributed by atoms with Gasteiger partial charge in [0.15, 0.2) is 0 Å². The SMILES string of the molecule is ClCc1c(Cl)ncnc1Oc1ccc(Cl)cc1. The van der Waals surface area contributed by atoms with Crippen molar-refractivity contribution in [2.75, 3.05) is 0 Å². The quantitative estimate of drug-likeness (QED) is 0.623. The molecule has 6 heteroatoms. The Balaban J connectivity index is 2.29. The Kier molecular flexibility index (Phi) is 4.05. The Morgan fingerprint density at radius 3 is 2.41 bits per heavy atom. The van der Waals surface area contributed by atoms with Crippen molar-refractivity contribution >= 4 is 34.8 Å². The average molecular weight is 290 g/mol. The lowest BCUT2D eigenvalue weighted by Crippen LogP contribution is -1.95. The molecule has 0 radical (unpaired) electrons. The number of hydrogen-bond donors (Lipinski definition) is 0. The number of alkyl halides is 1. The first-order valence-electron chi connectivity index (χ1n) is 4.69. The van der Waals surface area contributed by atoms with E-state index in [1.165, 1.54) is 6.33 Å². The third-order valence-corrected chi connectivity index (χ3v) is 2.86. The first kappa shape index (κ1) is 12.4. The Morgan fingerprint density at radius 1 is 1.06 bits per heavy atom. The summed E-state index contributed by atoms with van der Waals surface area (Å²) in [6.07, 6.45) is 1.32. The van der Waals surface area contributed by atoms with Crippen molar-refractivity contribution < 1.29 is 4.74 Å². The normalized spacial score (nSPS) is 10.3. The Bertz CT molecular complexity index is 517. The summed E-state index contributed by atoms with van der Waals surface area (Å²) >= 11 is 17.4. The standard InChI is InChI=1S/C11H7Cl3N2O/c12-5-9-10(14)15-6-16-11(9)17-8-3-1-7(13)2-4-8/h1-4,6H,5H2. The molecule has 0 aliphatic heterocycles. The second-order valence-electron chi connectivity index (χ2n) is 3.14. The average Bonchev–Trinajstić information content (AvgIpc) is 2.32. The highest BCUT2D eigenvalue weighted by atomic mass is 35.5. The van der Waals surface area contributed by atoms with Crippen LogP contribution >= 0.6 is 34.8 Å². The van der Waals surface area contributed by atoms with Gasteiger partial charge in [-0.05, 0) is 24.3 Å². The molecule has 17 heavy (non-hydrogen) atoms. The summed E-state index contributed by atoms with van der Waals surface area (Å²) in [5.74, 6) is 1.14. The van der Waals surface area contributed by atoms with Gasteiger partial charge in [-0.1, -0.05) is 23.2 Å². The van der Waals surface area contributed by atoms with Crippen molar-refractivity contribution in [3.63, 3.8) is 0 Å². The van der Waals surface area contributed by atoms with Crippen molar-refractivity contribution in [3.05, 3.63) is 46.3 Å². The van der Waals surface area contributed by atoms with Crippen molar-refractivity contribution in [1.29, 1.82) is 0 Å². The highest BCUT2D eigenvalue weighted by Crippen LogP contribution is 2.28. The van der Waals surface area contributed by atoms with E-state index < -0.39 is 0 Å². The number of ether oxygens (including phenoxy) is 1. The van der Waals surface area contributed by atoms with Gasteiger partial charge in [0, 0.05) is 5.02 Å². The van der Waals surface area contributed by atoms with Crippen LogP contribution in [-0.2, 0) is 5.88 Å². The number of rotatable bonds is 3. The lowest BCUT2D eigenvalue weighted by atomic mass is 10.3. The molecule has 0 unspecified atom stereocenters. The van der Waals surface area contributed by atoms with E-state index in [1.54, 1.807) is 24.3 Å². The molecule has 0 atom stereocenters. The van der Waals surface area contributed by atoms with Crippen LogP contribution in [0.4, 0.5) is 0 Å². The van der Waals surface area contributed by atoms with Crippen molar-refractivity contribution in [2.24, 2.45) is 0 Å². The van der Waals surface area contributed by atoms with E-state index >= 15 is 0 Å². The molecule has 0 fully saturated rings. The van der Waals surface area contributed by atoms with E-state index in [9.17, 15) is 0 Å². The van der Waals surface area contributed by atoms with Crippen LogP contribution < -0.4 is 4.74 Å². The van der Waals surface area contributed by atoms with E-state index in [0.29, 0.717) is 27.4 Å². The van der Waals surface area contributed by atoms with Crippen LogP contribution in [0.2, 0.25) is 10.2 Å². The summed E-state index contributed by atoms with van der Waals surface area (Å²) in [5, 5.41) is 0.926. The van der Waals surface area contributed by atoms with Crippen molar-refractivity contribution in [2.45, 2.75) is 5.88 Å². The van der Waals surface area contributed by atoms with Crippen LogP contribution in [0.1, 0.15) is 5.56 Å². The van der Waals surface area contributed by atoms with Gasteiger partial charge in [-0.25, -0.2) is 9.97 Å². The fourth-order valence-corrected chi connectivity index (χ4v) is 1.82. The molecular weight excluding hydrogens is 282 g/mol. The second kappa shape index (κ2) is 5.54. The summed E-state index contributed by atoms with van der Waals surface area (Å²) in [7, 11) is 0. The second-order valence-corrected chi connectivity index (χ2v) is 4.20. The molecule has 1 heterocycles. The van der Waals surface area contributed by atoms with Gasteiger partial charge in [0.1, 0.15) is 17.2 Å². The highest BCUT2D eigenvalue weighted by molar-refractivity contribution is 6.31. The fraction of sp³-hybridized carbons (Fsp3) is 0.0909. The summed E-state index contributed by atoms with van der Waals surface area (Å²) in [6, 6.07) is 6.91. The molecule has 0 aliphatic carbocycles. The Morgan fingerprint density at radius 2 is 1.76 bits per heavy atom. The minimum Gasteiger partial charge on any atom is -0.439 e. The van der Waals surface area contributed by atoms with E-state index in [2.05, 4.69) is 9.97 Å². The molecule has 0 spiro atoms. The van der Waals surface area contributed by atoms with Gasteiger partial charge < -0.3 is 4.74 Å². The zero-order valence-electron chi connectivity index (χ0n) is 8.53. The van der Waals surface area contributed by atoms with Crippen molar-refractivity contribution in [1.82, 2.24) is 9.97 Å². The molecule has 0 amide bonds. The maximum atomic E-state index is 5.88. The van der Waals surface area contributed by atoms with Crippen LogP contribution in [0.5, 0.6) is 11.6 Å². The monoisotopic (exact) mass is 288 g/mol. The van der Waals surface area contributed by atoms with Gasteiger partial charge >= 0.3 is 0 Å². The highest BCUT2D eigenvalue weighted by Gasteiger charge is 2.10. The van der Waals surface area contributed by atoms with Crippen LogP contribution in [0, 0.1) is 0 Å². The number of benzene rings is 1. The molecule has 3 nitrogen and oxygen atoms in total. The van der Waals surface area contributed by atoms with Crippen LogP contribution in [-0.4, -0.2) is 9.97 Å². The summed E-state index contributed by atoms with van der Waals surface area (Å²) in [4.78, 5) is 7.83. The smallest absolute Gasteiger partial charge is 0.228 e. The first-order chi connectivity index (χ1) is 8.20. The van der Waals surface area contributed by atoms with E-state index in [-0.39, 0.29) is 5.88 Å². The molecule has 0 aliphatic rings. The van der Waals surface area contributed by atoms with Gasteiger partial charge in [0.25, 0.3) is 0 Å². The minimum atomic E-state index is 0.183. The van der Waals surface area contributed by atoms with Crippen molar-refractivity contribution in [3.8, 4) is 11.6 Å². The number of nitrogens with zero attached hydrogens (tertiary/aromatic N) is 2. The lowest BCUT2D eigenvalue weighted by Gasteiger charge is -2.08. The van der Waals surface area contributed by atoms with Crippen LogP contribution in [0.15, 0.2) is 30.6 Å². The minimum absolute atomic E-state index is 0.183. The Labute approximate surface area is 113 Å². The van der Waals surface area contributed by atoms with Gasteiger partial charge in [0.05, 0.1) is 11.4 Å². The lowest BCUT2D eigenvalue weighted by molar-refractivity contribution is 0.457. The van der Waals surface area contributed by atoms with Gasteiger partial charge in [-0.15, -0.1) is 11.6 Å². The van der Waals surface area contributed by atoms with E-state index in [4.69, 9.17) is 39.5 Å². The molecule has 88 valence electrons. The molecule has 2 rings (SSSR count). The van der Waals surface area contributed by atoms with Crippen LogP contribution in [0.3, 0.4) is 0 Å². The van der Waals surface area contributed by atoms with Crippen LogP contribution in [0.25, 0.3) is 0 Å². The zero-order valence-corrected chi connectivity index (χ0v) is 10.8. The molecule has 0 saturated heterocycles. The fourth-order valence-electron chi connectivity index (χ4n) is 1.19. The topological polar surface area (TPSA) is 35.0 Å². The maximum Gasteiger partial charge on any atom is 0.228 e. The molecule has 0 N–H and O–H groups in total. The molecule has 2 aromatic rings. The summed E-state index contributed by atoms with van der Waals surface area (Å²) in [5.41, 5.74) is 0.561. The molecule has 0 saturated carbocycles. The third kappa shape index (κ3) is 3.00. The zero-order chi connectivity index (χ0) is 12.3. The first-order valence-corrected chi connectivity index (χ1v) is 5.98. The van der Waals surface area contributed by atoms with Gasteiger partial charge in [-0.3, -0.25) is 0 Å². The molecule has 0 bridgehead atoms. The Hall–Kier alpha value is -1.03. The predicted octanol–water partition coefficient (Wildman–Crippen LogP) is 4.31. The number of halogens is 3. The van der Waals surface area contributed by atoms with Gasteiger partial charge in [-0.2, -0.15) is 0 Å². The van der Waals surface area contributed by atoms with E-state index in [0.717, 1.165) is 0 Å². The van der Waals surface area contributed by atoms with Gasteiger partial charge in [0.2, 0.25) is 5.88 Å².